The minimum atomic E-state index is -0.592. The van der Waals surface area contributed by atoms with Crippen LogP contribution in [0.25, 0.3) is 0 Å². The van der Waals surface area contributed by atoms with E-state index in [2.05, 4.69) is 31.0 Å². The Morgan fingerprint density at radius 2 is 1.30 bits per heavy atom. The molecule has 1 fully saturated rings. The van der Waals surface area contributed by atoms with Crippen LogP contribution in [0.4, 0.5) is 4.39 Å². The van der Waals surface area contributed by atoms with Crippen molar-refractivity contribution >= 4 is 23.7 Å². The average molecular weight is 860 g/mol. The molecule has 2 aromatic heterocycles. The molecule has 0 saturated carbocycles. The Morgan fingerprint density at radius 1 is 0.746 bits per heavy atom. The highest BCUT2D eigenvalue weighted by Crippen LogP contribution is 2.45. The van der Waals surface area contributed by atoms with Crippen LogP contribution in [0.1, 0.15) is 117 Å². The van der Waals surface area contributed by atoms with Crippen molar-refractivity contribution in [1.29, 1.82) is 0 Å². The molecule has 5 aromatic rings. The van der Waals surface area contributed by atoms with E-state index in [1.165, 1.54) is 12.1 Å². The lowest BCUT2D eigenvalue weighted by Crippen LogP contribution is -2.49. The first-order valence-corrected chi connectivity index (χ1v) is 21.1. The molecule has 15 heteroatoms. The summed E-state index contributed by atoms with van der Waals surface area (Å²) in [4.78, 5) is 79.3. The largest absolute Gasteiger partial charge is 0.464 e. The molecule has 4 N–H and O–H groups in total. The van der Waals surface area contributed by atoms with Gasteiger partial charge in [-0.25, -0.2) is 14.6 Å². The lowest BCUT2D eigenvalue weighted by Gasteiger charge is -2.40. The van der Waals surface area contributed by atoms with Crippen LogP contribution < -0.4 is 21.8 Å². The lowest BCUT2D eigenvalue weighted by molar-refractivity contribution is -0.142. The van der Waals surface area contributed by atoms with Gasteiger partial charge >= 0.3 is 5.97 Å². The number of esters is 1. The van der Waals surface area contributed by atoms with E-state index >= 15 is 0 Å². The van der Waals surface area contributed by atoms with Crippen molar-refractivity contribution in [3.8, 4) is 0 Å². The van der Waals surface area contributed by atoms with Gasteiger partial charge in [-0.15, -0.1) is 0 Å². The summed E-state index contributed by atoms with van der Waals surface area (Å²) in [5.74, 6) is -2.17. The van der Waals surface area contributed by atoms with Gasteiger partial charge < -0.3 is 20.3 Å². The third-order valence-electron chi connectivity index (χ3n) is 11.8. The first kappa shape index (κ1) is 45.7. The highest BCUT2D eigenvalue weighted by Gasteiger charge is 2.45. The maximum absolute atomic E-state index is 14.5. The van der Waals surface area contributed by atoms with Crippen LogP contribution in [0.3, 0.4) is 0 Å². The molecule has 0 aliphatic carbocycles. The van der Waals surface area contributed by atoms with Gasteiger partial charge in [0, 0.05) is 41.1 Å². The summed E-state index contributed by atoms with van der Waals surface area (Å²) in [5.41, 5.74) is 6.33. The average Bonchev–Trinajstić information content (AvgIpc) is 3.71. The summed E-state index contributed by atoms with van der Waals surface area (Å²) >= 11 is 0. The molecule has 1 aliphatic rings. The van der Waals surface area contributed by atoms with Gasteiger partial charge in [-0.3, -0.25) is 28.8 Å². The molecule has 2 atom stereocenters. The predicted octanol–water partition coefficient (Wildman–Crippen LogP) is 5.65. The summed E-state index contributed by atoms with van der Waals surface area (Å²) in [6.45, 7) is 10.9. The SMILES string of the molecule is Cc1cc(Cc2ccc(C(=O)NCC(=O)OCCCC(C)(C)[C@H]3CC[C@@H](c4cccc(F)c4)N3C(=O)CNC(=O)c3ccc(Cc4cc(C)n[nH]c4=O)c(C)c3)cc2C)c(=O)[nH]n1. The number of aromatic nitrogens is 4. The number of hydrogen-bond acceptors (Lipinski definition) is 9. The van der Waals surface area contributed by atoms with E-state index < -0.39 is 35.1 Å². The highest BCUT2D eigenvalue weighted by atomic mass is 19.1. The van der Waals surface area contributed by atoms with Crippen LogP contribution in [0.2, 0.25) is 0 Å². The molecule has 3 aromatic carbocycles. The second-order valence-electron chi connectivity index (χ2n) is 17.0. The van der Waals surface area contributed by atoms with Gasteiger partial charge in [0.2, 0.25) is 5.91 Å². The molecule has 0 bridgehead atoms. The van der Waals surface area contributed by atoms with E-state index in [1.54, 1.807) is 79.4 Å². The number of ether oxygens (including phenoxy) is 1. The maximum Gasteiger partial charge on any atom is 0.325 e. The van der Waals surface area contributed by atoms with Gasteiger partial charge in [0.1, 0.15) is 12.4 Å². The number of carbonyl (C=O) groups excluding carboxylic acids is 4. The van der Waals surface area contributed by atoms with Crippen LogP contribution in [-0.2, 0) is 27.2 Å². The smallest absolute Gasteiger partial charge is 0.325 e. The molecule has 330 valence electrons. The fourth-order valence-electron chi connectivity index (χ4n) is 8.37. The molecule has 0 radical (unpaired) electrons. The number of amides is 3. The molecule has 0 spiro atoms. The number of carbonyl (C=O) groups is 4. The number of aryl methyl sites for hydroxylation is 4. The molecule has 63 heavy (non-hydrogen) atoms. The third kappa shape index (κ3) is 11.6. The van der Waals surface area contributed by atoms with Crippen LogP contribution in [0.15, 0.2) is 82.4 Å². The molecule has 1 saturated heterocycles. The Morgan fingerprint density at radius 3 is 1.84 bits per heavy atom. The minimum absolute atomic E-state index is 0.0977. The second kappa shape index (κ2) is 20.0. The quantitative estimate of drug-likeness (QED) is 0.0716. The first-order chi connectivity index (χ1) is 30.0. The normalized spacial score (nSPS) is 14.9. The van der Waals surface area contributed by atoms with Crippen molar-refractivity contribution in [1.82, 2.24) is 35.9 Å². The zero-order valence-corrected chi connectivity index (χ0v) is 36.5. The standard InChI is InChI=1S/C48H54FN7O7/c1-28-19-35(13-11-32(28)23-37-21-30(3)52-54-46(37)61)44(59)50-26-42(57)56-40(34-9-7-10-39(49)25-34)15-16-41(56)48(5,6)17-8-18-63-43(58)27-51-45(60)36-14-12-33(29(2)20-36)24-38-22-31(4)53-55-47(38)62/h7,9-14,19-22,25,40-41H,8,15-18,23-24,26-27H2,1-6H3,(H,50,59)(H,51,60)(H,54,61)(H,55,62)/t40-,41+/m0/s1. The highest BCUT2D eigenvalue weighted by molar-refractivity contribution is 5.97. The van der Waals surface area contributed by atoms with Crippen LogP contribution >= 0.6 is 0 Å². The molecule has 14 nitrogen and oxygen atoms in total. The Labute approximate surface area is 365 Å². The summed E-state index contributed by atoms with van der Waals surface area (Å²) < 4.78 is 19.9. The minimum Gasteiger partial charge on any atom is -0.464 e. The van der Waals surface area contributed by atoms with Gasteiger partial charge in [0.15, 0.2) is 0 Å². The van der Waals surface area contributed by atoms with E-state index in [9.17, 15) is 33.2 Å². The fourth-order valence-corrected chi connectivity index (χ4v) is 8.37. The Bertz CT molecular complexity index is 2640. The number of aromatic amines is 2. The van der Waals surface area contributed by atoms with Crippen LogP contribution in [0, 0.1) is 38.9 Å². The Balaban J connectivity index is 1.02. The van der Waals surface area contributed by atoms with Gasteiger partial charge in [-0.2, -0.15) is 10.2 Å². The number of rotatable bonds is 16. The molecule has 3 heterocycles. The lowest BCUT2D eigenvalue weighted by atomic mass is 9.79. The van der Waals surface area contributed by atoms with Crippen LogP contribution in [-0.4, -0.2) is 74.7 Å². The molecular weight excluding hydrogens is 806 g/mol. The van der Waals surface area contributed by atoms with E-state index in [1.807, 2.05) is 27.7 Å². The monoisotopic (exact) mass is 859 g/mol. The number of halogens is 1. The molecule has 1 aliphatic heterocycles. The molecular formula is C48H54FN7O7. The third-order valence-corrected chi connectivity index (χ3v) is 11.8. The molecule has 3 amide bonds. The van der Waals surface area contributed by atoms with Crippen molar-refractivity contribution in [3.63, 3.8) is 0 Å². The summed E-state index contributed by atoms with van der Waals surface area (Å²) in [6.07, 6.45) is 3.05. The number of nitrogens with zero attached hydrogens (tertiary/aromatic N) is 3. The summed E-state index contributed by atoms with van der Waals surface area (Å²) in [6, 6.07) is 19.3. The fraction of sp³-hybridized carbons (Fsp3) is 0.375. The number of likely N-dealkylation sites (tertiary alicyclic amines) is 1. The zero-order valence-electron chi connectivity index (χ0n) is 36.5. The summed E-state index contributed by atoms with van der Waals surface area (Å²) in [5, 5.41) is 18.2. The van der Waals surface area contributed by atoms with Gasteiger partial charge in [-0.1, -0.05) is 38.1 Å². The molecule has 6 rings (SSSR count). The number of hydrogen-bond donors (Lipinski definition) is 4. The van der Waals surface area contributed by atoms with Crippen molar-refractivity contribution < 1.29 is 28.3 Å². The van der Waals surface area contributed by atoms with Crippen molar-refractivity contribution in [2.45, 2.75) is 92.2 Å². The van der Waals surface area contributed by atoms with Crippen molar-refractivity contribution in [2.75, 3.05) is 19.7 Å². The Hall–Kier alpha value is -6.77. The van der Waals surface area contributed by atoms with Gasteiger partial charge in [-0.05, 0) is 135 Å². The second-order valence-corrected chi connectivity index (χ2v) is 17.0. The van der Waals surface area contributed by atoms with E-state index in [0.29, 0.717) is 77.7 Å². The van der Waals surface area contributed by atoms with Crippen molar-refractivity contribution in [2.24, 2.45) is 5.41 Å². The predicted molar refractivity (Wildman–Crippen MR) is 235 cm³/mol. The Kier molecular flexibility index (Phi) is 14.5. The number of H-pyrrole nitrogens is 2. The topological polar surface area (TPSA) is 196 Å². The van der Waals surface area contributed by atoms with Crippen LogP contribution in [0.5, 0.6) is 0 Å². The van der Waals surface area contributed by atoms with Gasteiger partial charge in [0.05, 0.1) is 30.6 Å². The van der Waals surface area contributed by atoms with E-state index in [4.69, 9.17) is 4.74 Å². The van der Waals surface area contributed by atoms with E-state index in [-0.39, 0.29) is 42.8 Å². The summed E-state index contributed by atoms with van der Waals surface area (Å²) in [7, 11) is 0. The van der Waals surface area contributed by atoms with Gasteiger partial charge in [0.25, 0.3) is 22.9 Å². The maximum atomic E-state index is 14.5. The van der Waals surface area contributed by atoms with E-state index in [0.717, 1.165) is 22.3 Å². The number of nitrogens with one attached hydrogen (secondary N) is 4. The molecule has 0 unspecified atom stereocenters. The van der Waals surface area contributed by atoms with Crippen molar-refractivity contribution in [3.05, 3.63) is 161 Å². The first-order valence-electron chi connectivity index (χ1n) is 21.1. The number of benzene rings is 3. The zero-order chi connectivity index (χ0) is 45.4.